The molecule has 0 spiro atoms. The molecule has 2 N–H and O–H groups in total. The zero-order valence-corrected chi connectivity index (χ0v) is 19.9. The van der Waals surface area contributed by atoms with Crippen LogP contribution in [0.15, 0.2) is 72.2 Å². The van der Waals surface area contributed by atoms with Crippen LogP contribution in [0.3, 0.4) is 0 Å². The van der Waals surface area contributed by atoms with E-state index in [1.54, 1.807) is 29.4 Å². The number of rotatable bonds is 6. The summed E-state index contributed by atoms with van der Waals surface area (Å²) in [5.74, 6) is 0.476. The van der Waals surface area contributed by atoms with E-state index in [-0.39, 0.29) is 29.8 Å². The maximum atomic E-state index is 14.5. The third-order valence-electron chi connectivity index (χ3n) is 5.21. The lowest BCUT2D eigenvalue weighted by Crippen LogP contribution is -2.44. The summed E-state index contributed by atoms with van der Waals surface area (Å²) in [7, 11) is 0. The first-order valence-electron chi connectivity index (χ1n) is 10.3. The summed E-state index contributed by atoms with van der Waals surface area (Å²) in [6, 6.07) is 16.0. The molecule has 0 radical (unpaired) electrons. The Bertz CT molecular complexity index is 977. The van der Waals surface area contributed by atoms with Crippen LogP contribution in [0.25, 0.3) is 5.69 Å². The fourth-order valence-electron chi connectivity index (χ4n) is 3.69. The molecule has 3 aromatic rings. The second kappa shape index (κ2) is 11.1. The topological polar surface area (TPSA) is 57.5 Å². The number of aliphatic imine (C=N–C) groups is 1. The third-order valence-corrected chi connectivity index (χ3v) is 5.21. The van der Waals surface area contributed by atoms with E-state index in [0.717, 1.165) is 37.6 Å². The summed E-state index contributed by atoms with van der Waals surface area (Å²) in [6.07, 6.45) is 6.00. The highest BCUT2D eigenvalue weighted by molar-refractivity contribution is 14.0. The highest BCUT2D eigenvalue weighted by atomic mass is 127. The molecule has 0 amide bonds. The molecule has 0 saturated carbocycles. The van der Waals surface area contributed by atoms with Crippen molar-refractivity contribution in [3.05, 3.63) is 78.6 Å². The fraction of sp³-hybridized carbons (Fsp3) is 0.304. The normalized spacial score (nSPS) is 16.1. The Hall–Kier alpha value is -2.62. The molecule has 6 nitrogen and oxygen atoms in total. The zero-order chi connectivity index (χ0) is 20.8. The van der Waals surface area contributed by atoms with Gasteiger partial charge in [0.15, 0.2) is 5.96 Å². The van der Waals surface area contributed by atoms with E-state index in [1.165, 1.54) is 11.8 Å². The number of halogens is 2. The van der Waals surface area contributed by atoms with Crippen LogP contribution >= 0.6 is 24.0 Å². The molecule has 1 aliphatic rings. The van der Waals surface area contributed by atoms with Crippen molar-refractivity contribution in [3.63, 3.8) is 0 Å². The second-order valence-corrected chi connectivity index (χ2v) is 7.36. The van der Waals surface area contributed by atoms with Crippen molar-refractivity contribution in [1.82, 2.24) is 20.2 Å². The van der Waals surface area contributed by atoms with Crippen LogP contribution in [0, 0.1) is 5.82 Å². The minimum atomic E-state index is -0.284. The summed E-state index contributed by atoms with van der Waals surface area (Å²) in [5.41, 5.74) is 2.56. The van der Waals surface area contributed by atoms with Crippen molar-refractivity contribution < 1.29 is 4.39 Å². The number of nitrogens with one attached hydrogen (secondary N) is 2. The molecule has 8 heteroatoms. The molecule has 1 atom stereocenters. The van der Waals surface area contributed by atoms with E-state index < -0.39 is 0 Å². The molecule has 0 bridgehead atoms. The molecule has 2 aromatic carbocycles. The minimum absolute atomic E-state index is 0. The van der Waals surface area contributed by atoms with Gasteiger partial charge in [0.2, 0.25) is 0 Å². The predicted octanol–water partition coefficient (Wildman–Crippen LogP) is 3.96. The summed E-state index contributed by atoms with van der Waals surface area (Å²) in [5, 5.41) is 6.82. The number of nitrogens with zero attached hydrogens (tertiary/aromatic N) is 4. The first-order valence-corrected chi connectivity index (χ1v) is 10.3. The van der Waals surface area contributed by atoms with Crippen LogP contribution in [0.2, 0.25) is 0 Å². The van der Waals surface area contributed by atoms with E-state index in [9.17, 15) is 4.39 Å². The molecule has 0 aliphatic carbocycles. The number of aromatic nitrogens is 2. The number of para-hydroxylation sites is 1. The Labute approximate surface area is 199 Å². The van der Waals surface area contributed by atoms with Crippen molar-refractivity contribution in [3.8, 4) is 5.69 Å². The number of benzene rings is 2. The number of hydrogen-bond acceptors (Lipinski definition) is 3. The van der Waals surface area contributed by atoms with Gasteiger partial charge >= 0.3 is 0 Å². The van der Waals surface area contributed by atoms with Gasteiger partial charge in [-0.2, -0.15) is 0 Å². The molecule has 1 aromatic heterocycles. The molecule has 1 fully saturated rings. The lowest BCUT2D eigenvalue weighted by atomic mass is 10.2. The summed E-state index contributed by atoms with van der Waals surface area (Å²) in [4.78, 5) is 11.0. The standard InChI is InChI=1S/C23H27FN6.HI/c1-2-26-23(28-19-10-12-29(16-19)20-6-4-3-5-7-20)27-15-18-8-9-22(21(24)14-18)30-13-11-25-17-30;/h3-9,11,13-14,17,19H,2,10,12,15-16H2,1H3,(H2,26,27,28);1H. The summed E-state index contributed by atoms with van der Waals surface area (Å²) < 4.78 is 16.1. The van der Waals surface area contributed by atoms with Gasteiger partial charge in [-0.25, -0.2) is 14.4 Å². The number of anilines is 1. The van der Waals surface area contributed by atoms with Gasteiger partial charge in [0.05, 0.1) is 18.6 Å². The van der Waals surface area contributed by atoms with Crippen LogP contribution in [-0.2, 0) is 6.54 Å². The van der Waals surface area contributed by atoms with Crippen LogP contribution in [-0.4, -0.2) is 41.2 Å². The van der Waals surface area contributed by atoms with Crippen LogP contribution < -0.4 is 15.5 Å². The van der Waals surface area contributed by atoms with Gasteiger partial charge in [0, 0.05) is 43.8 Å². The van der Waals surface area contributed by atoms with Gasteiger partial charge in [-0.05, 0) is 43.2 Å². The van der Waals surface area contributed by atoms with Crippen LogP contribution in [0.1, 0.15) is 18.9 Å². The first kappa shape index (κ1) is 23.1. The van der Waals surface area contributed by atoms with E-state index in [0.29, 0.717) is 18.3 Å². The number of guanidine groups is 1. The Morgan fingerprint density at radius 2 is 2.06 bits per heavy atom. The SMILES string of the molecule is CCNC(=NCc1ccc(-n2ccnc2)c(F)c1)NC1CCN(c2ccccc2)C1.I. The predicted molar refractivity (Wildman–Crippen MR) is 134 cm³/mol. The fourth-order valence-corrected chi connectivity index (χ4v) is 3.69. The van der Waals surface area contributed by atoms with Crippen molar-refractivity contribution in [2.75, 3.05) is 24.5 Å². The molecule has 1 aliphatic heterocycles. The van der Waals surface area contributed by atoms with Crippen molar-refractivity contribution in [2.24, 2.45) is 4.99 Å². The number of hydrogen-bond donors (Lipinski definition) is 2. The van der Waals surface area contributed by atoms with Gasteiger partial charge < -0.3 is 20.1 Å². The second-order valence-electron chi connectivity index (χ2n) is 7.36. The van der Waals surface area contributed by atoms with Gasteiger partial charge in [0.1, 0.15) is 5.82 Å². The van der Waals surface area contributed by atoms with E-state index in [2.05, 4.69) is 49.8 Å². The zero-order valence-electron chi connectivity index (χ0n) is 17.5. The molecule has 4 rings (SSSR count). The highest BCUT2D eigenvalue weighted by Crippen LogP contribution is 2.20. The molecule has 31 heavy (non-hydrogen) atoms. The average Bonchev–Trinajstić information content (AvgIpc) is 3.45. The maximum Gasteiger partial charge on any atom is 0.191 e. The lowest BCUT2D eigenvalue weighted by Gasteiger charge is -2.20. The summed E-state index contributed by atoms with van der Waals surface area (Å²) >= 11 is 0. The maximum absolute atomic E-state index is 14.5. The molecular weight excluding hydrogens is 506 g/mol. The highest BCUT2D eigenvalue weighted by Gasteiger charge is 2.23. The van der Waals surface area contributed by atoms with Gasteiger partial charge in [-0.1, -0.05) is 24.3 Å². The molecule has 2 heterocycles. The van der Waals surface area contributed by atoms with Crippen molar-refractivity contribution >= 4 is 35.6 Å². The number of imidazole rings is 1. The Balaban J connectivity index is 0.00000272. The van der Waals surface area contributed by atoms with Crippen LogP contribution in [0.5, 0.6) is 0 Å². The smallest absolute Gasteiger partial charge is 0.191 e. The molecule has 164 valence electrons. The van der Waals surface area contributed by atoms with Gasteiger partial charge in [-0.15, -0.1) is 24.0 Å². The largest absolute Gasteiger partial charge is 0.369 e. The Morgan fingerprint density at radius 1 is 1.23 bits per heavy atom. The van der Waals surface area contributed by atoms with Crippen molar-refractivity contribution in [2.45, 2.75) is 25.9 Å². The Kier molecular flexibility index (Phi) is 8.27. The average molecular weight is 534 g/mol. The first-order chi connectivity index (χ1) is 14.7. The summed E-state index contributed by atoms with van der Waals surface area (Å²) in [6.45, 7) is 5.17. The van der Waals surface area contributed by atoms with E-state index in [1.807, 2.05) is 19.1 Å². The lowest BCUT2D eigenvalue weighted by molar-refractivity contribution is 0.615. The molecular formula is C23H28FIN6. The van der Waals surface area contributed by atoms with Crippen LogP contribution in [0.4, 0.5) is 10.1 Å². The molecule has 1 unspecified atom stereocenters. The quantitative estimate of drug-likeness (QED) is 0.286. The minimum Gasteiger partial charge on any atom is -0.369 e. The van der Waals surface area contributed by atoms with Crippen molar-refractivity contribution in [1.29, 1.82) is 0 Å². The monoisotopic (exact) mass is 534 g/mol. The Morgan fingerprint density at radius 3 is 2.77 bits per heavy atom. The van der Waals surface area contributed by atoms with Gasteiger partial charge in [0.25, 0.3) is 0 Å². The third kappa shape index (κ3) is 5.96. The molecule has 1 saturated heterocycles. The van der Waals surface area contributed by atoms with E-state index >= 15 is 0 Å². The van der Waals surface area contributed by atoms with E-state index in [4.69, 9.17) is 0 Å². The van der Waals surface area contributed by atoms with Gasteiger partial charge in [-0.3, -0.25) is 0 Å².